The van der Waals surface area contributed by atoms with Crippen molar-refractivity contribution >= 4 is 5.91 Å². The van der Waals surface area contributed by atoms with Crippen LogP contribution in [0, 0.1) is 22.2 Å². The number of nitrogens with zero attached hydrogens (tertiary/aromatic N) is 1. The van der Waals surface area contributed by atoms with Gasteiger partial charge in [0.1, 0.15) is 5.41 Å². The number of rotatable bonds is 7. The quantitative estimate of drug-likeness (QED) is 0.691. The molecule has 0 atom stereocenters. The van der Waals surface area contributed by atoms with Crippen LogP contribution in [-0.2, 0) is 4.79 Å². The minimum atomic E-state index is -0.681. The molecule has 1 amide bonds. The van der Waals surface area contributed by atoms with E-state index >= 15 is 0 Å². The van der Waals surface area contributed by atoms with Gasteiger partial charge in [-0.05, 0) is 24.7 Å². The Balaban J connectivity index is 2.29. The lowest BCUT2D eigenvalue weighted by molar-refractivity contribution is -0.124. The molecular formula is C14H24N2O. The monoisotopic (exact) mass is 236 g/mol. The Morgan fingerprint density at radius 1 is 1.41 bits per heavy atom. The molecule has 0 radical (unpaired) electrons. The fourth-order valence-electron chi connectivity index (χ4n) is 1.95. The number of nitrogens with one attached hydrogen (secondary N) is 1. The number of nitriles is 1. The van der Waals surface area contributed by atoms with Crippen molar-refractivity contribution in [3.8, 4) is 6.07 Å². The van der Waals surface area contributed by atoms with Crippen molar-refractivity contribution in [2.45, 2.75) is 59.3 Å². The molecule has 17 heavy (non-hydrogen) atoms. The second kappa shape index (κ2) is 5.53. The minimum Gasteiger partial charge on any atom is -0.354 e. The molecule has 1 fully saturated rings. The van der Waals surface area contributed by atoms with Gasteiger partial charge in [-0.1, -0.05) is 40.0 Å². The largest absolute Gasteiger partial charge is 0.354 e. The first-order chi connectivity index (χ1) is 7.96. The first-order valence-corrected chi connectivity index (χ1v) is 6.65. The van der Waals surface area contributed by atoms with Gasteiger partial charge in [-0.3, -0.25) is 4.79 Å². The van der Waals surface area contributed by atoms with Crippen LogP contribution in [0.2, 0.25) is 0 Å². The summed E-state index contributed by atoms with van der Waals surface area (Å²) < 4.78 is 0. The third-order valence-corrected chi connectivity index (χ3v) is 3.58. The van der Waals surface area contributed by atoms with Crippen LogP contribution < -0.4 is 5.32 Å². The molecular weight excluding hydrogens is 212 g/mol. The van der Waals surface area contributed by atoms with Crippen LogP contribution in [0.3, 0.4) is 0 Å². The molecule has 0 unspecified atom stereocenters. The van der Waals surface area contributed by atoms with Gasteiger partial charge in [0.05, 0.1) is 6.07 Å². The van der Waals surface area contributed by atoms with Gasteiger partial charge in [0.2, 0.25) is 5.91 Å². The predicted molar refractivity (Wildman–Crippen MR) is 68.2 cm³/mol. The summed E-state index contributed by atoms with van der Waals surface area (Å²) in [6.07, 6.45) is 6.26. The molecule has 1 aliphatic carbocycles. The number of unbranched alkanes of at least 4 members (excludes halogenated alkanes) is 2. The van der Waals surface area contributed by atoms with Crippen LogP contribution in [-0.4, -0.2) is 12.5 Å². The molecule has 96 valence electrons. The van der Waals surface area contributed by atoms with Gasteiger partial charge in [0, 0.05) is 6.54 Å². The number of carbonyl (C=O) groups excluding carboxylic acids is 1. The van der Waals surface area contributed by atoms with Crippen molar-refractivity contribution in [1.82, 2.24) is 5.32 Å². The van der Waals surface area contributed by atoms with Gasteiger partial charge in [-0.2, -0.15) is 5.26 Å². The van der Waals surface area contributed by atoms with Crippen molar-refractivity contribution in [2.75, 3.05) is 6.54 Å². The Morgan fingerprint density at radius 2 is 2.06 bits per heavy atom. The lowest BCUT2D eigenvalue weighted by Crippen LogP contribution is -2.38. The highest BCUT2D eigenvalue weighted by atomic mass is 16.2. The zero-order valence-electron chi connectivity index (χ0n) is 11.3. The van der Waals surface area contributed by atoms with Crippen LogP contribution in [0.5, 0.6) is 0 Å². The number of hydrogen-bond donors (Lipinski definition) is 1. The fraction of sp³-hybridized carbons (Fsp3) is 0.857. The molecule has 0 heterocycles. The lowest BCUT2D eigenvalue weighted by atomic mass is 9.86. The molecule has 0 aromatic rings. The Labute approximate surface area is 105 Å². The molecule has 1 saturated carbocycles. The first-order valence-electron chi connectivity index (χ1n) is 6.65. The molecule has 0 bridgehead atoms. The SMILES string of the molecule is CCCCCC(C)(C)CNC(=O)C1(C#N)CC1. The summed E-state index contributed by atoms with van der Waals surface area (Å²) in [7, 11) is 0. The van der Waals surface area contributed by atoms with E-state index < -0.39 is 5.41 Å². The number of hydrogen-bond acceptors (Lipinski definition) is 2. The molecule has 0 aromatic heterocycles. The van der Waals surface area contributed by atoms with Crippen LogP contribution in [0.4, 0.5) is 0 Å². The summed E-state index contributed by atoms with van der Waals surface area (Å²) in [4.78, 5) is 11.8. The maximum Gasteiger partial charge on any atom is 0.240 e. The van der Waals surface area contributed by atoms with E-state index in [-0.39, 0.29) is 11.3 Å². The Morgan fingerprint density at radius 3 is 2.53 bits per heavy atom. The minimum absolute atomic E-state index is 0.0661. The molecule has 1 N–H and O–H groups in total. The van der Waals surface area contributed by atoms with E-state index in [9.17, 15) is 4.79 Å². The van der Waals surface area contributed by atoms with E-state index in [1.54, 1.807) is 0 Å². The molecule has 3 nitrogen and oxygen atoms in total. The third kappa shape index (κ3) is 4.03. The maximum atomic E-state index is 11.8. The van der Waals surface area contributed by atoms with Crippen LogP contribution in [0.25, 0.3) is 0 Å². The van der Waals surface area contributed by atoms with Crippen molar-refractivity contribution in [3.05, 3.63) is 0 Å². The van der Waals surface area contributed by atoms with Crippen molar-refractivity contribution < 1.29 is 4.79 Å². The zero-order valence-corrected chi connectivity index (χ0v) is 11.3. The van der Waals surface area contributed by atoms with E-state index in [4.69, 9.17) is 5.26 Å². The zero-order chi connectivity index (χ0) is 12.9. The van der Waals surface area contributed by atoms with E-state index in [1.807, 2.05) is 0 Å². The van der Waals surface area contributed by atoms with Crippen LogP contribution in [0.15, 0.2) is 0 Å². The molecule has 0 spiro atoms. The highest BCUT2D eigenvalue weighted by Crippen LogP contribution is 2.45. The van der Waals surface area contributed by atoms with Gasteiger partial charge in [-0.25, -0.2) is 0 Å². The fourth-order valence-corrected chi connectivity index (χ4v) is 1.95. The molecule has 1 aliphatic rings. The summed E-state index contributed by atoms with van der Waals surface area (Å²) in [5, 5.41) is 11.9. The normalized spacial score (nSPS) is 17.3. The molecule has 0 saturated heterocycles. The molecule has 1 rings (SSSR count). The topological polar surface area (TPSA) is 52.9 Å². The highest BCUT2D eigenvalue weighted by Gasteiger charge is 2.50. The third-order valence-electron chi connectivity index (χ3n) is 3.58. The van der Waals surface area contributed by atoms with Gasteiger partial charge in [-0.15, -0.1) is 0 Å². The summed E-state index contributed by atoms with van der Waals surface area (Å²) >= 11 is 0. The molecule has 0 aromatic carbocycles. The Kier molecular flexibility index (Phi) is 4.56. The average Bonchev–Trinajstić information content (AvgIpc) is 3.07. The molecule has 3 heteroatoms. The van der Waals surface area contributed by atoms with Gasteiger partial charge >= 0.3 is 0 Å². The van der Waals surface area contributed by atoms with Gasteiger partial charge in [0.15, 0.2) is 0 Å². The van der Waals surface area contributed by atoms with Gasteiger partial charge in [0.25, 0.3) is 0 Å². The van der Waals surface area contributed by atoms with Crippen molar-refractivity contribution in [2.24, 2.45) is 10.8 Å². The Hall–Kier alpha value is -1.04. The van der Waals surface area contributed by atoms with E-state index in [0.29, 0.717) is 6.54 Å². The van der Waals surface area contributed by atoms with E-state index in [2.05, 4.69) is 32.2 Å². The van der Waals surface area contributed by atoms with Crippen molar-refractivity contribution in [3.63, 3.8) is 0 Å². The second-order valence-electron chi connectivity index (χ2n) is 6.00. The number of amides is 1. The van der Waals surface area contributed by atoms with E-state index in [1.165, 1.54) is 19.3 Å². The highest BCUT2D eigenvalue weighted by molar-refractivity contribution is 5.88. The molecule has 0 aliphatic heterocycles. The predicted octanol–water partition coefficient (Wildman–Crippen LogP) is 3.01. The average molecular weight is 236 g/mol. The van der Waals surface area contributed by atoms with E-state index in [0.717, 1.165) is 19.3 Å². The summed E-state index contributed by atoms with van der Waals surface area (Å²) in [5.74, 6) is -0.0661. The summed E-state index contributed by atoms with van der Waals surface area (Å²) in [5.41, 5.74) is -0.546. The smallest absolute Gasteiger partial charge is 0.240 e. The van der Waals surface area contributed by atoms with Gasteiger partial charge < -0.3 is 5.32 Å². The van der Waals surface area contributed by atoms with Crippen LogP contribution >= 0.6 is 0 Å². The Bertz CT molecular complexity index is 311. The lowest BCUT2D eigenvalue weighted by Gasteiger charge is -2.25. The maximum absolute atomic E-state index is 11.8. The summed E-state index contributed by atoms with van der Waals surface area (Å²) in [6.45, 7) is 7.22. The summed E-state index contributed by atoms with van der Waals surface area (Å²) in [6, 6.07) is 2.13. The van der Waals surface area contributed by atoms with Crippen molar-refractivity contribution in [1.29, 1.82) is 5.26 Å². The standard InChI is InChI=1S/C14H24N2O/c1-4-5-6-7-13(2,3)11-16-12(17)14(10-15)8-9-14/h4-9,11H2,1-3H3,(H,16,17). The van der Waals surface area contributed by atoms with Crippen LogP contribution in [0.1, 0.15) is 59.3 Å². The number of carbonyl (C=O) groups is 1. The second-order valence-corrected chi connectivity index (χ2v) is 6.00. The first kappa shape index (κ1) is 14.0.